The molecule has 3 aliphatic rings. The van der Waals surface area contributed by atoms with Gasteiger partial charge >= 0.3 is 259 Å². The summed E-state index contributed by atoms with van der Waals surface area (Å²) < 4.78 is 15.5. The van der Waals surface area contributed by atoms with E-state index in [1.165, 1.54) is 48.4 Å². The van der Waals surface area contributed by atoms with Crippen LogP contribution in [0.1, 0.15) is 68.0 Å². The van der Waals surface area contributed by atoms with Gasteiger partial charge in [-0.05, 0) is 0 Å². The van der Waals surface area contributed by atoms with Crippen LogP contribution >= 0.6 is 11.6 Å². The molecule has 6 heteroatoms. The van der Waals surface area contributed by atoms with E-state index in [0.29, 0.717) is 12.5 Å². The van der Waals surface area contributed by atoms with Crippen molar-refractivity contribution in [3.8, 4) is 5.75 Å². The summed E-state index contributed by atoms with van der Waals surface area (Å²) >= 11 is 4.02. The average molecular weight is 697 g/mol. The number of allylic oxidation sites excluding steroid dienone is 6. The van der Waals surface area contributed by atoms with Crippen LogP contribution in [-0.2, 0) is 4.74 Å². The summed E-state index contributed by atoms with van der Waals surface area (Å²) in [5.41, 5.74) is 2.89. The normalized spacial score (nSPS) is 24.2. The molecule has 4 nitrogen and oxygen atoms in total. The van der Waals surface area contributed by atoms with Crippen LogP contribution in [0.5, 0.6) is 5.75 Å². The number of benzene rings is 1. The number of ether oxygens (including phenoxy) is 2. The van der Waals surface area contributed by atoms with Gasteiger partial charge in [0.25, 0.3) is 0 Å². The summed E-state index contributed by atoms with van der Waals surface area (Å²) in [5.74, 6) is 2.81. The Morgan fingerprint density at radius 2 is 1.71 bits per heavy atom. The number of alkyl halides is 1. The summed E-state index contributed by atoms with van der Waals surface area (Å²) in [4.78, 5) is 4.80. The molecule has 0 radical (unpaired) electrons. The van der Waals surface area contributed by atoms with Crippen molar-refractivity contribution in [2.24, 2.45) is 5.92 Å². The molecule has 0 aromatic heterocycles. The van der Waals surface area contributed by atoms with Gasteiger partial charge in [0.05, 0.1) is 0 Å². The Bertz CT molecular complexity index is 1060. The van der Waals surface area contributed by atoms with Crippen LogP contribution < -0.4 is 4.74 Å². The van der Waals surface area contributed by atoms with Crippen LogP contribution in [0.3, 0.4) is 0 Å². The van der Waals surface area contributed by atoms with E-state index in [9.17, 15) is 0 Å². The van der Waals surface area contributed by atoms with Crippen molar-refractivity contribution in [2.75, 3.05) is 53.5 Å². The predicted molar refractivity (Wildman–Crippen MR) is 181 cm³/mol. The van der Waals surface area contributed by atoms with E-state index < -0.39 is 21.4 Å². The summed E-state index contributed by atoms with van der Waals surface area (Å²) in [6, 6.07) is 9.25. The van der Waals surface area contributed by atoms with Crippen molar-refractivity contribution in [1.29, 1.82) is 0 Å². The standard InChI is InChI=1S/C31H42ClNO2.C5H12N.In/c1-3-33(4-2)23-25-35-31-20-14-27(15-21-31)9-7-5-6-8-26-12-18-30(19-13-26)34-24-22-28-10-16-29(32)17-11-28;1-4-5-6(2)3;/h8,10-16,18-21,27,29H,3-7,9,17,22-25H2,1-2H3;1,4-5H2,2-3H3;. The Balaban J connectivity index is 1.46. The first-order chi connectivity index (χ1) is 20.5. The average Bonchev–Trinajstić information content (AvgIpc) is 2.99. The van der Waals surface area contributed by atoms with Gasteiger partial charge in [0.1, 0.15) is 0 Å². The van der Waals surface area contributed by atoms with Gasteiger partial charge in [0.15, 0.2) is 0 Å². The van der Waals surface area contributed by atoms with E-state index >= 15 is 0 Å². The zero-order chi connectivity index (χ0) is 29.7. The van der Waals surface area contributed by atoms with Gasteiger partial charge in [0.2, 0.25) is 0 Å². The number of hydrogen-bond acceptors (Lipinski definition) is 4. The molecule has 0 N–H and O–H groups in total. The van der Waals surface area contributed by atoms with E-state index in [1.807, 2.05) is 0 Å². The fourth-order valence-corrected chi connectivity index (χ4v) is 20.7. The van der Waals surface area contributed by atoms with Crippen LogP contribution in [0.25, 0.3) is 0 Å². The van der Waals surface area contributed by atoms with Crippen molar-refractivity contribution in [1.82, 2.24) is 9.80 Å². The van der Waals surface area contributed by atoms with Gasteiger partial charge < -0.3 is 0 Å². The maximum absolute atomic E-state index is 6.40. The van der Waals surface area contributed by atoms with E-state index in [-0.39, 0.29) is 5.38 Å². The Morgan fingerprint density at radius 3 is 2.43 bits per heavy atom. The van der Waals surface area contributed by atoms with Crippen LogP contribution in [0.15, 0.2) is 72.1 Å². The number of nitrogens with zero attached hydrogens (tertiary/aromatic N) is 2. The molecule has 230 valence electrons. The Labute approximate surface area is 269 Å². The Hall–Kier alpha value is -1.14. The van der Waals surface area contributed by atoms with Crippen LogP contribution in [0, 0.1) is 5.92 Å². The molecule has 0 spiro atoms. The second-order valence-electron chi connectivity index (χ2n) is 12.6. The molecule has 1 saturated heterocycles. The summed E-state index contributed by atoms with van der Waals surface area (Å²) in [6.45, 7) is 10.3. The van der Waals surface area contributed by atoms with E-state index in [1.54, 1.807) is 5.56 Å². The number of hydrogen-bond donors (Lipinski definition) is 0. The first kappa shape index (κ1) is 33.7. The van der Waals surface area contributed by atoms with Crippen molar-refractivity contribution >= 4 is 33.0 Å². The topological polar surface area (TPSA) is 24.9 Å². The second kappa shape index (κ2) is 18.0. The van der Waals surface area contributed by atoms with E-state index in [2.05, 4.69) is 98.5 Å². The van der Waals surface area contributed by atoms with Gasteiger partial charge in [0, 0.05) is 0 Å². The second-order valence-corrected chi connectivity index (χ2v) is 23.1. The van der Waals surface area contributed by atoms with E-state index in [4.69, 9.17) is 21.1 Å². The molecule has 1 aromatic rings. The predicted octanol–water partition coefficient (Wildman–Crippen LogP) is 8.39. The van der Waals surface area contributed by atoms with Gasteiger partial charge in [-0.2, -0.15) is 0 Å². The van der Waals surface area contributed by atoms with Crippen molar-refractivity contribution in [3.05, 3.63) is 77.6 Å². The zero-order valence-electron chi connectivity index (χ0n) is 26.6. The first-order valence-electron chi connectivity index (χ1n) is 16.6. The minimum atomic E-state index is -2.15. The summed E-state index contributed by atoms with van der Waals surface area (Å²) in [6.07, 6.45) is 22.4. The van der Waals surface area contributed by atoms with E-state index in [0.717, 1.165) is 57.9 Å². The first-order valence-corrected chi connectivity index (χ1v) is 23.2. The molecule has 1 aliphatic heterocycles. The van der Waals surface area contributed by atoms with Crippen LogP contribution in [-0.4, -0.2) is 90.1 Å². The molecule has 2 aliphatic carbocycles. The molecule has 1 aromatic carbocycles. The molecule has 0 bridgehead atoms. The Morgan fingerprint density at radius 1 is 0.929 bits per heavy atom. The summed E-state index contributed by atoms with van der Waals surface area (Å²) in [7, 11) is 4.43. The Kier molecular flexibility index (Phi) is 14.4. The number of likely N-dealkylation sites (N-methyl/N-ethyl adjacent to an activating group) is 1. The van der Waals surface area contributed by atoms with Crippen molar-refractivity contribution in [3.63, 3.8) is 0 Å². The van der Waals surface area contributed by atoms with Gasteiger partial charge in [-0.3, -0.25) is 0 Å². The van der Waals surface area contributed by atoms with Gasteiger partial charge in [-0.25, -0.2) is 0 Å². The molecule has 4 unspecified atom stereocenters. The van der Waals surface area contributed by atoms with Gasteiger partial charge in [-0.1, -0.05) is 0 Å². The van der Waals surface area contributed by atoms with Crippen molar-refractivity contribution in [2.45, 2.75) is 75.7 Å². The molecule has 4 rings (SSSR count). The number of halogens is 1. The van der Waals surface area contributed by atoms with Crippen LogP contribution in [0.4, 0.5) is 0 Å². The third kappa shape index (κ3) is 10.5. The third-order valence-electron chi connectivity index (χ3n) is 9.48. The number of fused-ring (bicyclic) bond motifs is 1. The molecule has 4 atom stereocenters. The van der Waals surface area contributed by atoms with Crippen molar-refractivity contribution < 1.29 is 9.47 Å². The minimum absolute atomic E-state index is 0.139. The zero-order valence-corrected chi connectivity index (χ0v) is 30.7. The SMILES string of the molecule is CCN(CC)CCOC1=C[CH]2C(C=C1)CCCC[CH](c1ccc(OCCC3=CCC(Cl)C=C3)cc1)[In]2[CH2]CCN(C)C. The molecular formula is C36H54ClInN2O2. The van der Waals surface area contributed by atoms with Gasteiger partial charge in [-0.15, -0.1) is 11.6 Å². The molecule has 1 heterocycles. The monoisotopic (exact) mass is 696 g/mol. The fraction of sp³-hybridized carbons (Fsp3) is 0.611. The molecular weight excluding hydrogens is 643 g/mol. The third-order valence-corrected chi connectivity index (χ3v) is 22.7. The molecule has 0 saturated carbocycles. The van der Waals surface area contributed by atoms with Crippen LogP contribution in [0.2, 0.25) is 7.85 Å². The molecule has 42 heavy (non-hydrogen) atoms. The summed E-state index contributed by atoms with van der Waals surface area (Å²) in [5, 5.41) is 0.139. The number of rotatable bonds is 15. The quantitative estimate of drug-likeness (QED) is 0.172. The molecule has 0 amide bonds. The molecule has 1 fully saturated rings. The fourth-order valence-electron chi connectivity index (χ4n) is 6.97. The maximum atomic E-state index is 6.40.